The second-order valence-electron chi connectivity index (χ2n) is 7.29. The lowest BCUT2D eigenvalue weighted by Gasteiger charge is -2.25. The van der Waals surface area contributed by atoms with Crippen LogP contribution in [-0.4, -0.2) is 37.9 Å². The van der Waals surface area contributed by atoms with Gasteiger partial charge >= 0.3 is 0 Å². The first-order valence-corrected chi connectivity index (χ1v) is 11.5. The summed E-state index contributed by atoms with van der Waals surface area (Å²) in [6.45, 7) is 2.54. The van der Waals surface area contributed by atoms with Crippen LogP contribution in [0.1, 0.15) is 30.5 Å². The lowest BCUT2D eigenvalue weighted by molar-refractivity contribution is -0.130. The predicted octanol–water partition coefficient (Wildman–Crippen LogP) is 2.97. The molecule has 1 aliphatic heterocycles. The summed E-state index contributed by atoms with van der Waals surface area (Å²) in [7, 11) is -3.40. The van der Waals surface area contributed by atoms with Crippen molar-refractivity contribution in [1.82, 2.24) is 10.2 Å². The SMILES string of the molecule is CC(c1ccccc1)N1CC(C(=O)NCc2ccc(S(C)(=O)=O)c(Cl)c2)CC1=O. The molecule has 0 aromatic heterocycles. The minimum Gasteiger partial charge on any atom is -0.352 e. The van der Waals surface area contributed by atoms with Crippen LogP contribution in [0.3, 0.4) is 0 Å². The maximum absolute atomic E-state index is 12.6. The summed E-state index contributed by atoms with van der Waals surface area (Å²) in [4.78, 5) is 26.8. The summed E-state index contributed by atoms with van der Waals surface area (Å²) < 4.78 is 23.3. The summed E-state index contributed by atoms with van der Waals surface area (Å²) in [5.74, 6) is -0.661. The topological polar surface area (TPSA) is 83.6 Å². The highest BCUT2D eigenvalue weighted by Gasteiger charge is 2.36. The van der Waals surface area contributed by atoms with Crippen LogP contribution in [0.4, 0.5) is 0 Å². The molecule has 0 spiro atoms. The van der Waals surface area contributed by atoms with E-state index in [0.29, 0.717) is 12.1 Å². The van der Waals surface area contributed by atoms with Crippen molar-refractivity contribution in [1.29, 1.82) is 0 Å². The Morgan fingerprint density at radius 1 is 1.24 bits per heavy atom. The molecular formula is C21H23ClN2O4S. The number of carbonyl (C=O) groups excluding carboxylic acids is 2. The average Bonchev–Trinajstić information content (AvgIpc) is 3.07. The van der Waals surface area contributed by atoms with Gasteiger partial charge in [0.05, 0.1) is 21.9 Å². The molecule has 0 radical (unpaired) electrons. The van der Waals surface area contributed by atoms with Crippen molar-refractivity contribution in [2.24, 2.45) is 5.92 Å². The van der Waals surface area contributed by atoms with Crippen molar-refractivity contribution in [2.75, 3.05) is 12.8 Å². The number of benzene rings is 2. The quantitative estimate of drug-likeness (QED) is 0.757. The molecule has 0 bridgehead atoms. The van der Waals surface area contributed by atoms with Gasteiger partial charge in [-0.2, -0.15) is 0 Å². The summed E-state index contributed by atoms with van der Waals surface area (Å²) in [6.07, 6.45) is 1.27. The van der Waals surface area contributed by atoms with E-state index >= 15 is 0 Å². The first kappa shape index (κ1) is 21.3. The fraction of sp³-hybridized carbons (Fsp3) is 0.333. The van der Waals surface area contributed by atoms with Gasteiger partial charge < -0.3 is 10.2 Å². The molecule has 1 aliphatic rings. The van der Waals surface area contributed by atoms with Crippen LogP contribution in [0, 0.1) is 5.92 Å². The highest BCUT2D eigenvalue weighted by molar-refractivity contribution is 7.90. The van der Waals surface area contributed by atoms with Gasteiger partial charge in [0.25, 0.3) is 0 Å². The predicted molar refractivity (Wildman–Crippen MR) is 111 cm³/mol. The highest BCUT2D eigenvalue weighted by atomic mass is 35.5. The zero-order chi connectivity index (χ0) is 21.2. The van der Waals surface area contributed by atoms with Crippen LogP contribution >= 0.6 is 11.6 Å². The Kier molecular flexibility index (Phi) is 6.29. The molecule has 1 fully saturated rings. The Balaban J connectivity index is 1.61. The summed E-state index contributed by atoms with van der Waals surface area (Å²) in [6, 6.07) is 14.2. The molecule has 1 saturated heterocycles. The van der Waals surface area contributed by atoms with E-state index in [9.17, 15) is 18.0 Å². The van der Waals surface area contributed by atoms with Crippen LogP contribution < -0.4 is 5.32 Å². The van der Waals surface area contributed by atoms with E-state index in [0.717, 1.165) is 11.8 Å². The van der Waals surface area contributed by atoms with Crippen LogP contribution in [-0.2, 0) is 26.0 Å². The van der Waals surface area contributed by atoms with Crippen LogP contribution in [0.5, 0.6) is 0 Å². The van der Waals surface area contributed by atoms with Gasteiger partial charge in [-0.3, -0.25) is 9.59 Å². The first-order chi connectivity index (χ1) is 13.7. The highest BCUT2D eigenvalue weighted by Crippen LogP contribution is 2.28. The summed E-state index contributed by atoms with van der Waals surface area (Å²) in [5.41, 5.74) is 1.72. The number of carbonyl (C=O) groups is 2. The Bertz CT molecular complexity index is 1020. The maximum Gasteiger partial charge on any atom is 0.225 e. The molecule has 3 rings (SSSR count). The Labute approximate surface area is 175 Å². The second-order valence-corrected chi connectivity index (χ2v) is 9.68. The minimum absolute atomic E-state index is 0.0398. The number of rotatable bonds is 6. The van der Waals surface area contributed by atoms with Gasteiger partial charge in [0.1, 0.15) is 0 Å². The Hall–Kier alpha value is -2.38. The molecule has 6 nitrogen and oxygen atoms in total. The normalized spacial score (nSPS) is 18.0. The molecule has 1 N–H and O–H groups in total. The maximum atomic E-state index is 12.6. The number of halogens is 1. The van der Waals surface area contributed by atoms with Gasteiger partial charge in [-0.15, -0.1) is 0 Å². The number of likely N-dealkylation sites (tertiary alicyclic amines) is 1. The number of sulfone groups is 1. The van der Waals surface area contributed by atoms with Crippen molar-refractivity contribution >= 4 is 33.3 Å². The van der Waals surface area contributed by atoms with E-state index in [1.54, 1.807) is 11.0 Å². The third kappa shape index (κ3) is 4.97. The van der Waals surface area contributed by atoms with E-state index < -0.39 is 15.8 Å². The largest absolute Gasteiger partial charge is 0.352 e. The number of nitrogens with zero attached hydrogens (tertiary/aromatic N) is 1. The molecule has 0 saturated carbocycles. The summed E-state index contributed by atoms with van der Waals surface area (Å²) in [5, 5.41) is 2.94. The molecule has 2 amide bonds. The van der Waals surface area contributed by atoms with Crippen LogP contribution in [0.2, 0.25) is 5.02 Å². The monoisotopic (exact) mass is 434 g/mol. The molecule has 2 atom stereocenters. The average molecular weight is 435 g/mol. The minimum atomic E-state index is -3.40. The summed E-state index contributed by atoms with van der Waals surface area (Å²) >= 11 is 6.04. The molecule has 2 unspecified atom stereocenters. The molecular weight excluding hydrogens is 412 g/mol. The molecule has 8 heteroatoms. The third-order valence-corrected chi connectivity index (χ3v) is 6.72. The Morgan fingerprint density at radius 2 is 1.93 bits per heavy atom. The molecule has 2 aromatic rings. The van der Waals surface area contributed by atoms with Crippen molar-refractivity contribution < 1.29 is 18.0 Å². The van der Waals surface area contributed by atoms with Gasteiger partial charge in [0.2, 0.25) is 11.8 Å². The first-order valence-electron chi connectivity index (χ1n) is 9.27. The lowest BCUT2D eigenvalue weighted by atomic mass is 10.1. The number of amides is 2. The zero-order valence-electron chi connectivity index (χ0n) is 16.3. The standard InChI is InChI=1S/C21H23ClN2O4S/c1-14(16-6-4-3-5-7-16)24-13-17(11-20(24)25)21(26)23-12-15-8-9-19(18(22)10-15)29(2,27)28/h3-10,14,17H,11-13H2,1-2H3,(H,23,26). The van der Waals surface area contributed by atoms with Crippen molar-refractivity contribution in [3.63, 3.8) is 0 Å². The Morgan fingerprint density at radius 3 is 2.55 bits per heavy atom. The van der Waals surface area contributed by atoms with Crippen LogP contribution in [0.15, 0.2) is 53.4 Å². The van der Waals surface area contributed by atoms with Gasteiger partial charge in [-0.1, -0.05) is 48.0 Å². The zero-order valence-corrected chi connectivity index (χ0v) is 17.8. The van der Waals surface area contributed by atoms with E-state index in [1.807, 2.05) is 37.3 Å². The van der Waals surface area contributed by atoms with Gasteiger partial charge in [-0.25, -0.2) is 8.42 Å². The fourth-order valence-corrected chi connectivity index (χ4v) is 4.83. The fourth-order valence-electron chi connectivity index (χ4n) is 3.48. The van der Waals surface area contributed by atoms with E-state index in [4.69, 9.17) is 11.6 Å². The van der Waals surface area contributed by atoms with Gasteiger partial charge in [-0.05, 0) is 30.2 Å². The molecule has 1 heterocycles. The van der Waals surface area contributed by atoms with Gasteiger partial charge in [0.15, 0.2) is 9.84 Å². The van der Waals surface area contributed by atoms with Crippen molar-refractivity contribution in [2.45, 2.75) is 30.8 Å². The van der Waals surface area contributed by atoms with Gasteiger partial charge in [0, 0.05) is 25.8 Å². The van der Waals surface area contributed by atoms with E-state index in [1.165, 1.54) is 12.1 Å². The van der Waals surface area contributed by atoms with Crippen LogP contribution in [0.25, 0.3) is 0 Å². The second kappa shape index (κ2) is 8.55. The van der Waals surface area contributed by atoms with Crippen molar-refractivity contribution in [3.8, 4) is 0 Å². The third-order valence-electron chi connectivity index (χ3n) is 5.14. The molecule has 29 heavy (non-hydrogen) atoms. The smallest absolute Gasteiger partial charge is 0.225 e. The lowest BCUT2D eigenvalue weighted by Crippen LogP contribution is -2.33. The number of hydrogen-bond donors (Lipinski definition) is 1. The van der Waals surface area contributed by atoms with E-state index in [2.05, 4.69) is 5.32 Å². The van der Waals surface area contributed by atoms with Crippen molar-refractivity contribution in [3.05, 3.63) is 64.7 Å². The molecule has 2 aromatic carbocycles. The molecule has 0 aliphatic carbocycles. The van der Waals surface area contributed by atoms with E-state index in [-0.39, 0.29) is 40.7 Å². The molecule has 154 valence electrons. The number of hydrogen-bond acceptors (Lipinski definition) is 4. The number of nitrogens with one attached hydrogen (secondary N) is 1.